The van der Waals surface area contributed by atoms with Crippen molar-refractivity contribution in [2.75, 3.05) is 44.4 Å². The number of hydrogen-bond acceptors (Lipinski definition) is 5. The van der Waals surface area contributed by atoms with Crippen molar-refractivity contribution in [3.8, 4) is 5.75 Å². The third-order valence-electron chi connectivity index (χ3n) is 4.51. The molecular formula is C19H22N2O4S. The van der Waals surface area contributed by atoms with Crippen LogP contribution in [-0.2, 0) is 9.84 Å². The summed E-state index contributed by atoms with van der Waals surface area (Å²) in [6.45, 7) is 2.37. The molecule has 138 valence electrons. The van der Waals surface area contributed by atoms with Crippen LogP contribution in [0, 0.1) is 0 Å². The molecule has 3 rings (SSSR count). The molecule has 7 heteroatoms. The molecular weight excluding hydrogens is 352 g/mol. The summed E-state index contributed by atoms with van der Waals surface area (Å²) in [6, 6.07) is 14.2. The average molecular weight is 374 g/mol. The Morgan fingerprint density at radius 2 is 1.58 bits per heavy atom. The molecule has 1 aliphatic rings. The smallest absolute Gasteiger partial charge is 0.255 e. The van der Waals surface area contributed by atoms with Gasteiger partial charge in [-0.3, -0.25) is 4.79 Å². The molecule has 6 nitrogen and oxygen atoms in total. The molecule has 26 heavy (non-hydrogen) atoms. The fraction of sp³-hybridized carbons (Fsp3) is 0.316. The summed E-state index contributed by atoms with van der Waals surface area (Å²) in [5, 5.41) is 0. The first-order chi connectivity index (χ1) is 12.4. The first kappa shape index (κ1) is 18.3. The van der Waals surface area contributed by atoms with Gasteiger partial charge in [0.2, 0.25) is 0 Å². The van der Waals surface area contributed by atoms with Crippen molar-refractivity contribution >= 4 is 21.4 Å². The Hall–Kier alpha value is -2.54. The minimum atomic E-state index is -3.45. The summed E-state index contributed by atoms with van der Waals surface area (Å²) in [7, 11) is -1.81. The first-order valence-electron chi connectivity index (χ1n) is 8.38. The van der Waals surface area contributed by atoms with Gasteiger partial charge >= 0.3 is 0 Å². The van der Waals surface area contributed by atoms with Gasteiger partial charge in [0.05, 0.1) is 23.3 Å². The fourth-order valence-corrected chi connectivity index (χ4v) is 4.06. The number of amides is 1. The molecule has 1 aliphatic heterocycles. The lowest BCUT2D eigenvalue weighted by Crippen LogP contribution is -2.49. The molecule has 1 fully saturated rings. The van der Waals surface area contributed by atoms with Crippen molar-refractivity contribution in [1.29, 1.82) is 0 Å². The molecule has 2 aromatic carbocycles. The lowest BCUT2D eigenvalue weighted by atomic mass is 10.1. The zero-order valence-electron chi connectivity index (χ0n) is 14.9. The molecule has 0 saturated carbocycles. The van der Waals surface area contributed by atoms with Gasteiger partial charge in [-0.25, -0.2) is 8.42 Å². The highest BCUT2D eigenvalue weighted by Gasteiger charge is 2.26. The van der Waals surface area contributed by atoms with E-state index in [1.54, 1.807) is 30.2 Å². The normalized spacial score (nSPS) is 15.0. The van der Waals surface area contributed by atoms with Crippen LogP contribution in [0.25, 0.3) is 0 Å². The van der Waals surface area contributed by atoms with Gasteiger partial charge in [0, 0.05) is 32.4 Å². The largest absolute Gasteiger partial charge is 0.495 e. The van der Waals surface area contributed by atoms with Gasteiger partial charge in [-0.1, -0.05) is 24.3 Å². The van der Waals surface area contributed by atoms with Crippen LogP contribution >= 0.6 is 0 Å². The second kappa shape index (κ2) is 7.37. The van der Waals surface area contributed by atoms with Gasteiger partial charge in [0.1, 0.15) is 5.75 Å². The van der Waals surface area contributed by atoms with Crippen LogP contribution < -0.4 is 9.64 Å². The third-order valence-corrected chi connectivity index (χ3v) is 5.66. The van der Waals surface area contributed by atoms with Gasteiger partial charge in [0.25, 0.3) is 5.91 Å². The number of carbonyl (C=O) groups is 1. The average Bonchev–Trinajstić information content (AvgIpc) is 2.67. The molecule has 0 radical (unpaired) electrons. The van der Waals surface area contributed by atoms with E-state index >= 15 is 0 Å². The highest BCUT2D eigenvalue weighted by molar-refractivity contribution is 7.90. The van der Waals surface area contributed by atoms with Crippen molar-refractivity contribution in [3.05, 3.63) is 54.1 Å². The summed E-state index contributed by atoms with van der Waals surface area (Å²) in [5.41, 5.74) is 1.24. The summed E-state index contributed by atoms with van der Waals surface area (Å²) < 4.78 is 29.3. The number of rotatable bonds is 4. The minimum absolute atomic E-state index is 0.0807. The SMILES string of the molecule is COc1ccccc1N1CCN(C(=O)c2ccccc2S(C)(=O)=O)CC1. The van der Waals surface area contributed by atoms with Gasteiger partial charge in [0.15, 0.2) is 9.84 Å². The predicted molar refractivity (Wildman–Crippen MR) is 101 cm³/mol. The van der Waals surface area contributed by atoms with Gasteiger partial charge in [-0.05, 0) is 24.3 Å². The Labute approximate surface area is 153 Å². The van der Waals surface area contributed by atoms with E-state index in [1.807, 2.05) is 24.3 Å². The standard InChI is InChI=1S/C19H22N2O4S/c1-25-17-9-5-4-8-16(17)20-11-13-21(14-12-20)19(22)15-7-3-6-10-18(15)26(2,23)24/h3-10H,11-14H2,1-2H3. The van der Waals surface area contributed by atoms with Crippen molar-refractivity contribution < 1.29 is 17.9 Å². The molecule has 1 amide bonds. The Bertz CT molecular complexity index is 903. The summed E-state index contributed by atoms with van der Waals surface area (Å²) in [4.78, 5) is 16.8. The Balaban J connectivity index is 1.76. The second-order valence-corrected chi connectivity index (χ2v) is 8.20. The van der Waals surface area contributed by atoms with E-state index in [-0.39, 0.29) is 16.4 Å². The maximum absolute atomic E-state index is 12.9. The van der Waals surface area contributed by atoms with E-state index < -0.39 is 9.84 Å². The number of carbonyl (C=O) groups excluding carboxylic acids is 1. The minimum Gasteiger partial charge on any atom is -0.495 e. The number of ether oxygens (including phenoxy) is 1. The Morgan fingerprint density at radius 1 is 0.962 bits per heavy atom. The highest BCUT2D eigenvalue weighted by atomic mass is 32.2. The number of piperazine rings is 1. The molecule has 0 atom stereocenters. The molecule has 2 aromatic rings. The molecule has 0 spiro atoms. The number of methoxy groups -OCH3 is 1. The molecule has 0 bridgehead atoms. The third kappa shape index (κ3) is 3.67. The Kier molecular flexibility index (Phi) is 5.18. The lowest BCUT2D eigenvalue weighted by Gasteiger charge is -2.36. The first-order valence-corrected chi connectivity index (χ1v) is 10.3. The van der Waals surface area contributed by atoms with Crippen LogP contribution in [0.2, 0.25) is 0 Å². The molecule has 0 aliphatic carbocycles. The monoisotopic (exact) mass is 374 g/mol. The van der Waals surface area contributed by atoms with E-state index in [1.165, 1.54) is 6.07 Å². The highest BCUT2D eigenvalue weighted by Crippen LogP contribution is 2.28. The quantitative estimate of drug-likeness (QED) is 0.820. The van der Waals surface area contributed by atoms with E-state index in [0.717, 1.165) is 17.7 Å². The molecule has 1 saturated heterocycles. The summed E-state index contributed by atoms with van der Waals surface area (Å²) in [5.74, 6) is 0.556. The van der Waals surface area contributed by atoms with Crippen molar-refractivity contribution in [1.82, 2.24) is 4.90 Å². The zero-order chi connectivity index (χ0) is 18.7. The van der Waals surface area contributed by atoms with E-state index in [0.29, 0.717) is 26.2 Å². The number of anilines is 1. The number of para-hydroxylation sites is 2. The summed E-state index contributed by atoms with van der Waals surface area (Å²) >= 11 is 0. The second-order valence-electron chi connectivity index (χ2n) is 6.22. The van der Waals surface area contributed by atoms with Crippen LogP contribution in [0.5, 0.6) is 5.75 Å². The number of benzene rings is 2. The molecule has 0 unspecified atom stereocenters. The van der Waals surface area contributed by atoms with E-state index in [9.17, 15) is 13.2 Å². The predicted octanol–water partition coefficient (Wildman–Crippen LogP) is 2.06. The maximum atomic E-state index is 12.9. The molecule has 0 aromatic heterocycles. The van der Waals surface area contributed by atoms with Crippen LogP contribution in [0.15, 0.2) is 53.4 Å². The maximum Gasteiger partial charge on any atom is 0.255 e. The molecule has 0 N–H and O–H groups in total. The van der Waals surface area contributed by atoms with Crippen LogP contribution in [0.4, 0.5) is 5.69 Å². The van der Waals surface area contributed by atoms with Gasteiger partial charge in [-0.2, -0.15) is 0 Å². The number of hydrogen-bond donors (Lipinski definition) is 0. The number of nitrogens with zero attached hydrogens (tertiary/aromatic N) is 2. The topological polar surface area (TPSA) is 66.9 Å². The summed E-state index contributed by atoms with van der Waals surface area (Å²) in [6.07, 6.45) is 1.12. The molecule has 1 heterocycles. The Morgan fingerprint density at radius 3 is 2.23 bits per heavy atom. The van der Waals surface area contributed by atoms with Crippen molar-refractivity contribution in [3.63, 3.8) is 0 Å². The fourth-order valence-electron chi connectivity index (χ4n) is 3.18. The van der Waals surface area contributed by atoms with Gasteiger partial charge in [-0.15, -0.1) is 0 Å². The van der Waals surface area contributed by atoms with Gasteiger partial charge < -0.3 is 14.5 Å². The zero-order valence-corrected chi connectivity index (χ0v) is 15.7. The van der Waals surface area contributed by atoms with Crippen molar-refractivity contribution in [2.45, 2.75) is 4.90 Å². The van der Waals surface area contributed by atoms with Crippen LogP contribution in [0.1, 0.15) is 10.4 Å². The number of sulfone groups is 1. The van der Waals surface area contributed by atoms with Crippen LogP contribution in [-0.4, -0.2) is 58.8 Å². The van der Waals surface area contributed by atoms with E-state index in [2.05, 4.69) is 4.90 Å². The van der Waals surface area contributed by atoms with Crippen LogP contribution in [0.3, 0.4) is 0 Å². The lowest BCUT2D eigenvalue weighted by molar-refractivity contribution is 0.0743. The van der Waals surface area contributed by atoms with Crippen molar-refractivity contribution in [2.24, 2.45) is 0 Å². The van der Waals surface area contributed by atoms with E-state index in [4.69, 9.17) is 4.74 Å².